The summed E-state index contributed by atoms with van der Waals surface area (Å²) in [5.74, 6) is -0.156. The van der Waals surface area contributed by atoms with Gasteiger partial charge >= 0.3 is 0 Å². The van der Waals surface area contributed by atoms with Crippen LogP contribution >= 0.6 is 11.3 Å². The molecule has 1 atom stereocenters. The highest BCUT2D eigenvalue weighted by molar-refractivity contribution is 7.22. The highest BCUT2D eigenvalue weighted by Gasteiger charge is 2.46. The van der Waals surface area contributed by atoms with Gasteiger partial charge in [-0.1, -0.05) is 35.6 Å². The van der Waals surface area contributed by atoms with Crippen LogP contribution in [-0.4, -0.2) is 25.1 Å². The minimum Gasteiger partial charge on any atom is -0.493 e. The van der Waals surface area contributed by atoms with Crippen molar-refractivity contribution < 1.29 is 23.1 Å². The number of amides is 1. The average Bonchev–Trinajstić information content (AvgIpc) is 3.41. The first-order chi connectivity index (χ1) is 17.0. The molecule has 0 aliphatic carbocycles. The number of halogens is 1. The summed E-state index contributed by atoms with van der Waals surface area (Å²) >= 11 is 1.15. The third-order valence-electron chi connectivity index (χ3n) is 6.05. The summed E-state index contributed by atoms with van der Waals surface area (Å²) in [6.07, 6.45) is 0. The Morgan fingerprint density at radius 1 is 1.03 bits per heavy atom. The lowest BCUT2D eigenvalue weighted by molar-refractivity contribution is 0.0970. The van der Waals surface area contributed by atoms with Gasteiger partial charge in [0.05, 0.1) is 35.4 Å². The van der Waals surface area contributed by atoms with E-state index < -0.39 is 17.8 Å². The van der Waals surface area contributed by atoms with Crippen molar-refractivity contribution in [2.24, 2.45) is 0 Å². The lowest BCUT2D eigenvalue weighted by atomic mass is 9.97. The van der Waals surface area contributed by atoms with Gasteiger partial charge in [0, 0.05) is 5.56 Å². The Morgan fingerprint density at radius 2 is 1.86 bits per heavy atom. The van der Waals surface area contributed by atoms with Crippen LogP contribution in [0, 0.1) is 5.82 Å². The van der Waals surface area contributed by atoms with E-state index in [9.17, 15) is 14.0 Å². The number of methoxy groups -OCH3 is 2. The standard InChI is InChI=1S/C26H17FN2O5S/c1-32-18-9-5-7-15(23(18)33-2)21-20-22(30)14-6-3-4-8-17(14)34-24(20)25(31)29(21)26-28-16-11-10-13(27)12-19(16)35-26/h3-12,21H,1-2H3/t21-/m1/s1. The van der Waals surface area contributed by atoms with Crippen molar-refractivity contribution in [3.8, 4) is 11.5 Å². The molecule has 0 unspecified atom stereocenters. The molecule has 7 nitrogen and oxygen atoms in total. The number of hydrogen-bond acceptors (Lipinski definition) is 7. The van der Waals surface area contributed by atoms with Gasteiger partial charge in [-0.15, -0.1) is 0 Å². The van der Waals surface area contributed by atoms with Crippen molar-refractivity contribution in [3.05, 3.63) is 93.6 Å². The third-order valence-corrected chi connectivity index (χ3v) is 7.07. The zero-order valence-electron chi connectivity index (χ0n) is 18.6. The van der Waals surface area contributed by atoms with E-state index in [1.54, 1.807) is 48.5 Å². The van der Waals surface area contributed by atoms with Crippen LogP contribution in [0.5, 0.6) is 11.5 Å². The molecule has 0 radical (unpaired) electrons. The van der Waals surface area contributed by atoms with E-state index in [0.29, 0.717) is 43.4 Å². The fraction of sp³-hybridized carbons (Fsp3) is 0.115. The molecular weight excluding hydrogens is 471 g/mol. The highest BCUT2D eigenvalue weighted by atomic mass is 32.1. The quantitative estimate of drug-likeness (QED) is 0.341. The largest absolute Gasteiger partial charge is 0.493 e. The topological polar surface area (TPSA) is 81.9 Å². The van der Waals surface area contributed by atoms with Crippen molar-refractivity contribution in [1.29, 1.82) is 0 Å². The molecule has 0 saturated carbocycles. The van der Waals surface area contributed by atoms with Gasteiger partial charge in [-0.05, 0) is 36.4 Å². The number of benzene rings is 3. The summed E-state index contributed by atoms with van der Waals surface area (Å²) in [5.41, 5.74) is 1.25. The number of carbonyl (C=O) groups is 1. The second kappa shape index (κ2) is 7.92. The summed E-state index contributed by atoms with van der Waals surface area (Å²) < 4.78 is 31.5. The molecule has 6 rings (SSSR count). The maximum Gasteiger partial charge on any atom is 0.297 e. The number of ether oxygens (including phenoxy) is 2. The smallest absolute Gasteiger partial charge is 0.297 e. The van der Waals surface area contributed by atoms with E-state index in [4.69, 9.17) is 13.9 Å². The Kier molecular flexibility index (Phi) is 4.82. The Bertz CT molecular complexity index is 1710. The molecule has 5 aromatic rings. The molecule has 174 valence electrons. The van der Waals surface area contributed by atoms with Gasteiger partial charge in [-0.3, -0.25) is 14.5 Å². The highest BCUT2D eigenvalue weighted by Crippen LogP contribution is 2.47. The first kappa shape index (κ1) is 21.3. The molecule has 0 saturated heterocycles. The lowest BCUT2D eigenvalue weighted by Gasteiger charge is -2.24. The summed E-state index contributed by atoms with van der Waals surface area (Å²) in [5, 5.41) is 0.666. The van der Waals surface area contributed by atoms with E-state index in [1.807, 2.05) is 0 Å². The van der Waals surface area contributed by atoms with E-state index >= 15 is 0 Å². The minimum atomic E-state index is -0.895. The van der Waals surface area contributed by atoms with Gasteiger partial charge in [0.2, 0.25) is 5.76 Å². The minimum absolute atomic E-state index is 0.0611. The van der Waals surface area contributed by atoms with Gasteiger partial charge < -0.3 is 13.9 Å². The van der Waals surface area contributed by atoms with Gasteiger partial charge in [-0.25, -0.2) is 9.37 Å². The zero-order valence-corrected chi connectivity index (χ0v) is 19.4. The predicted molar refractivity (Wildman–Crippen MR) is 130 cm³/mol. The average molecular weight is 488 g/mol. The normalized spacial score (nSPS) is 15.1. The van der Waals surface area contributed by atoms with Gasteiger partial charge in [-0.2, -0.15) is 0 Å². The number of thiazole rings is 1. The molecule has 0 N–H and O–H groups in total. The maximum absolute atomic E-state index is 13.9. The van der Waals surface area contributed by atoms with Crippen molar-refractivity contribution >= 4 is 43.6 Å². The number of aromatic nitrogens is 1. The van der Waals surface area contributed by atoms with Crippen molar-refractivity contribution in [1.82, 2.24) is 4.98 Å². The van der Waals surface area contributed by atoms with Crippen LogP contribution in [0.25, 0.3) is 21.2 Å². The third kappa shape index (κ3) is 3.12. The first-order valence-corrected chi connectivity index (χ1v) is 11.5. The number of hydrogen-bond donors (Lipinski definition) is 0. The number of carbonyl (C=O) groups excluding carboxylic acids is 1. The molecule has 0 fully saturated rings. The van der Waals surface area contributed by atoms with E-state index in [1.165, 1.54) is 31.3 Å². The number of rotatable bonds is 4. The fourth-order valence-corrected chi connectivity index (χ4v) is 5.54. The van der Waals surface area contributed by atoms with Crippen LogP contribution in [0.4, 0.5) is 9.52 Å². The van der Waals surface area contributed by atoms with Crippen LogP contribution in [0.2, 0.25) is 0 Å². The Hall–Kier alpha value is -4.24. The van der Waals surface area contributed by atoms with Crippen LogP contribution in [0.15, 0.2) is 69.9 Å². The molecular formula is C26H17FN2O5S. The van der Waals surface area contributed by atoms with Crippen LogP contribution < -0.4 is 19.8 Å². The zero-order chi connectivity index (χ0) is 24.3. The molecule has 1 aliphatic rings. The molecule has 3 aromatic carbocycles. The maximum atomic E-state index is 13.9. The molecule has 0 bridgehead atoms. The van der Waals surface area contributed by atoms with Gasteiger partial charge in [0.1, 0.15) is 17.4 Å². The van der Waals surface area contributed by atoms with Gasteiger partial charge in [0.15, 0.2) is 22.1 Å². The summed E-state index contributed by atoms with van der Waals surface area (Å²) in [6.45, 7) is 0. The van der Waals surface area contributed by atoms with Gasteiger partial charge in [0.25, 0.3) is 5.91 Å². The SMILES string of the molecule is COc1cccc([C@@H]2c3c(oc4ccccc4c3=O)C(=O)N2c2nc3ccc(F)cc3s2)c1OC. The van der Waals surface area contributed by atoms with E-state index in [2.05, 4.69) is 4.98 Å². The molecule has 2 aromatic heterocycles. The molecule has 1 amide bonds. The molecule has 3 heterocycles. The van der Waals surface area contributed by atoms with Crippen molar-refractivity contribution in [2.45, 2.75) is 6.04 Å². The fourth-order valence-electron chi connectivity index (χ4n) is 4.53. The Labute approximate surface area is 202 Å². The monoisotopic (exact) mass is 488 g/mol. The molecule has 9 heteroatoms. The van der Waals surface area contributed by atoms with Crippen LogP contribution in [0.1, 0.15) is 27.7 Å². The van der Waals surface area contributed by atoms with Crippen molar-refractivity contribution in [2.75, 3.05) is 19.1 Å². The van der Waals surface area contributed by atoms with E-state index in [-0.39, 0.29) is 16.8 Å². The molecule has 0 spiro atoms. The predicted octanol–water partition coefficient (Wildman–Crippen LogP) is 5.31. The number of nitrogens with zero attached hydrogens (tertiary/aromatic N) is 2. The number of anilines is 1. The molecule has 1 aliphatic heterocycles. The van der Waals surface area contributed by atoms with Crippen molar-refractivity contribution in [3.63, 3.8) is 0 Å². The number of fused-ring (bicyclic) bond motifs is 3. The second-order valence-corrected chi connectivity index (χ2v) is 8.95. The van der Waals surface area contributed by atoms with Crippen LogP contribution in [-0.2, 0) is 0 Å². The Morgan fingerprint density at radius 3 is 2.66 bits per heavy atom. The summed E-state index contributed by atoms with van der Waals surface area (Å²) in [7, 11) is 3.00. The second-order valence-electron chi connectivity index (χ2n) is 7.94. The summed E-state index contributed by atoms with van der Waals surface area (Å²) in [6, 6.07) is 15.4. The first-order valence-electron chi connectivity index (χ1n) is 10.7. The molecule has 35 heavy (non-hydrogen) atoms. The van der Waals surface area contributed by atoms with Crippen LogP contribution in [0.3, 0.4) is 0 Å². The summed E-state index contributed by atoms with van der Waals surface area (Å²) in [4.78, 5) is 33.5. The lowest BCUT2D eigenvalue weighted by Crippen LogP contribution is -2.29. The Balaban J connectivity index is 1.67. The number of para-hydroxylation sites is 2. The van der Waals surface area contributed by atoms with E-state index in [0.717, 1.165) is 11.3 Å².